The van der Waals surface area contributed by atoms with Crippen molar-refractivity contribution >= 4 is 39.0 Å². The van der Waals surface area contributed by atoms with Gasteiger partial charge in [-0.25, -0.2) is 0 Å². The summed E-state index contributed by atoms with van der Waals surface area (Å²) in [5.74, 6) is 0.392. The Morgan fingerprint density at radius 3 is 2.94 bits per heavy atom. The fourth-order valence-corrected chi connectivity index (χ4v) is 4.68. The number of aromatic nitrogens is 1. The summed E-state index contributed by atoms with van der Waals surface area (Å²) in [6.45, 7) is 2.63. The number of anilines is 1. The molecule has 8 heteroatoms. The number of carbonyl (C=O) groups is 1. The van der Waals surface area contributed by atoms with Crippen LogP contribution in [0.1, 0.15) is 28.8 Å². The molecule has 0 aromatic carbocycles. The van der Waals surface area contributed by atoms with Crippen LogP contribution in [-0.4, -0.2) is 37.2 Å². The van der Waals surface area contributed by atoms with Crippen LogP contribution in [0.25, 0.3) is 15.9 Å². The third kappa shape index (κ3) is 4.04. The molecular formula is C23H21N3O4S. The Labute approximate surface area is 182 Å². The molecule has 0 radical (unpaired) electrons. The number of hydrogen-bond acceptors (Lipinski definition) is 7. The molecule has 7 nitrogen and oxygen atoms in total. The smallest absolute Gasteiger partial charge is 0.256 e. The lowest BCUT2D eigenvalue weighted by atomic mass is 9.99. The summed E-state index contributed by atoms with van der Waals surface area (Å²) in [7, 11) is 0. The van der Waals surface area contributed by atoms with Gasteiger partial charge in [0, 0.05) is 48.2 Å². The van der Waals surface area contributed by atoms with Gasteiger partial charge in [0.2, 0.25) is 5.43 Å². The maximum Gasteiger partial charge on any atom is 0.256 e. The minimum atomic E-state index is -0.183. The van der Waals surface area contributed by atoms with Gasteiger partial charge in [0.05, 0.1) is 18.8 Å². The largest absolute Gasteiger partial charge is 0.439 e. The SMILES string of the molecule is O=C(NC1=CC(c2csc3c(=O)cc(N4CCOCC4)oc23)=CCC1)c1cccnc1. The van der Waals surface area contributed by atoms with E-state index in [0.717, 1.165) is 29.7 Å². The molecule has 1 amide bonds. The molecular weight excluding hydrogens is 414 g/mol. The molecule has 1 saturated heterocycles. The second-order valence-electron chi connectivity index (χ2n) is 7.42. The lowest BCUT2D eigenvalue weighted by Crippen LogP contribution is -2.36. The van der Waals surface area contributed by atoms with Gasteiger partial charge in [-0.05, 0) is 36.6 Å². The van der Waals surface area contributed by atoms with Crippen molar-refractivity contribution in [2.24, 2.45) is 0 Å². The van der Waals surface area contributed by atoms with E-state index in [9.17, 15) is 9.59 Å². The predicted octanol–water partition coefficient (Wildman–Crippen LogP) is 3.58. The maximum absolute atomic E-state index is 12.7. The van der Waals surface area contributed by atoms with Crippen LogP contribution in [0.3, 0.4) is 0 Å². The van der Waals surface area contributed by atoms with E-state index >= 15 is 0 Å². The molecule has 1 fully saturated rings. The number of fused-ring (bicyclic) bond motifs is 1. The Morgan fingerprint density at radius 2 is 2.13 bits per heavy atom. The van der Waals surface area contributed by atoms with Crippen LogP contribution in [0.4, 0.5) is 5.88 Å². The number of rotatable bonds is 4. The molecule has 1 aliphatic heterocycles. The number of nitrogens with one attached hydrogen (secondary N) is 1. The summed E-state index contributed by atoms with van der Waals surface area (Å²) < 4.78 is 12.2. The van der Waals surface area contributed by atoms with Crippen molar-refractivity contribution in [2.45, 2.75) is 12.8 Å². The van der Waals surface area contributed by atoms with Crippen molar-refractivity contribution in [2.75, 3.05) is 31.2 Å². The third-order valence-electron chi connectivity index (χ3n) is 5.37. The topological polar surface area (TPSA) is 84.7 Å². The van der Waals surface area contributed by atoms with Gasteiger partial charge in [-0.3, -0.25) is 14.6 Å². The van der Waals surface area contributed by atoms with Crippen LogP contribution in [0.15, 0.2) is 63.0 Å². The highest BCUT2D eigenvalue weighted by Crippen LogP contribution is 2.35. The molecule has 2 aliphatic rings. The lowest BCUT2D eigenvalue weighted by molar-refractivity contribution is 0.0964. The molecule has 0 saturated carbocycles. The molecule has 0 spiro atoms. The Balaban J connectivity index is 1.45. The summed E-state index contributed by atoms with van der Waals surface area (Å²) in [4.78, 5) is 31.2. The van der Waals surface area contributed by atoms with Crippen LogP contribution >= 0.6 is 11.3 Å². The van der Waals surface area contributed by atoms with Crippen LogP contribution in [-0.2, 0) is 4.74 Å². The van der Waals surface area contributed by atoms with Crippen molar-refractivity contribution in [3.05, 3.63) is 75.2 Å². The van der Waals surface area contributed by atoms with Crippen LogP contribution < -0.4 is 15.6 Å². The highest BCUT2D eigenvalue weighted by Gasteiger charge is 2.20. The van der Waals surface area contributed by atoms with Crippen LogP contribution in [0, 0.1) is 0 Å². The Hall–Kier alpha value is -3.23. The van der Waals surface area contributed by atoms with E-state index in [1.165, 1.54) is 11.3 Å². The van der Waals surface area contributed by atoms with Crippen molar-refractivity contribution in [1.82, 2.24) is 10.3 Å². The average molecular weight is 436 g/mol. The predicted molar refractivity (Wildman–Crippen MR) is 120 cm³/mol. The van der Waals surface area contributed by atoms with Crippen LogP contribution in [0.2, 0.25) is 0 Å². The van der Waals surface area contributed by atoms with E-state index in [2.05, 4.69) is 16.4 Å². The van der Waals surface area contributed by atoms with E-state index in [1.807, 2.05) is 16.4 Å². The molecule has 158 valence electrons. The third-order valence-corrected chi connectivity index (χ3v) is 6.35. The normalized spacial score (nSPS) is 16.7. The first-order chi connectivity index (χ1) is 15.2. The summed E-state index contributed by atoms with van der Waals surface area (Å²) in [5, 5.41) is 4.93. The van der Waals surface area contributed by atoms with Gasteiger partial charge in [0.1, 0.15) is 4.70 Å². The zero-order chi connectivity index (χ0) is 21.2. The molecule has 5 rings (SSSR count). The second-order valence-corrected chi connectivity index (χ2v) is 8.30. The molecule has 3 aromatic rings. The number of amides is 1. The van der Waals surface area contributed by atoms with Gasteiger partial charge in [-0.15, -0.1) is 11.3 Å². The fraction of sp³-hybridized carbons (Fsp3) is 0.261. The van der Waals surface area contributed by atoms with E-state index in [4.69, 9.17) is 9.15 Å². The van der Waals surface area contributed by atoms with Gasteiger partial charge in [-0.2, -0.15) is 0 Å². The maximum atomic E-state index is 12.7. The standard InChI is InChI=1S/C23H21N3O4S/c27-19-12-20(26-7-9-29-10-8-26)30-21-18(14-31-22(19)21)15-3-1-5-17(11-15)25-23(28)16-4-2-6-24-13-16/h2-4,6,11-14H,1,5,7-10H2,(H,25,28). The van der Waals surface area contributed by atoms with Crippen molar-refractivity contribution in [1.29, 1.82) is 0 Å². The second kappa shape index (κ2) is 8.49. The van der Waals surface area contributed by atoms with Gasteiger partial charge >= 0.3 is 0 Å². The Kier molecular flexibility index (Phi) is 5.40. The van der Waals surface area contributed by atoms with E-state index < -0.39 is 0 Å². The quantitative estimate of drug-likeness (QED) is 0.674. The monoisotopic (exact) mass is 435 g/mol. The summed E-state index contributed by atoms with van der Waals surface area (Å²) in [6, 6.07) is 5.04. The molecule has 3 aromatic heterocycles. The molecule has 0 unspecified atom stereocenters. The summed E-state index contributed by atoms with van der Waals surface area (Å²) >= 11 is 1.39. The van der Waals surface area contributed by atoms with Gasteiger partial charge in [0.15, 0.2) is 11.5 Å². The lowest BCUT2D eigenvalue weighted by Gasteiger charge is -2.27. The minimum absolute atomic E-state index is 0.0375. The van der Waals surface area contributed by atoms with E-state index in [0.29, 0.717) is 48.0 Å². The Morgan fingerprint density at radius 1 is 1.26 bits per heavy atom. The average Bonchev–Trinajstić information content (AvgIpc) is 3.25. The molecule has 0 bridgehead atoms. The van der Waals surface area contributed by atoms with Gasteiger partial charge in [0.25, 0.3) is 5.91 Å². The molecule has 1 N–H and O–H groups in total. The zero-order valence-electron chi connectivity index (χ0n) is 16.8. The number of nitrogens with zero attached hydrogens (tertiary/aromatic N) is 2. The van der Waals surface area contributed by atoms with Crippen molar-refractivity contribution < 1.29 is 13.9 Å². The summed E-state index contributed by atoms with van der Waals surface area (Å²) in [6.07, 6.45) is 8.78. The number of morpholine rings is 1. The van der Waals surface area contributed by atoms with Gasteiger partial charge in [-0.1, -0.05) is 6.08 Å². The minimum Gasteiger partial charge on any atom is -0.439 e. The first kappa shape index (κ1) is 19.7. The van der Waals surface area contributed by atoms with Crippen molar-refractivity contribution in [3.8, 4) is 0 Å². The highest BCUT2D eigenvalue weighted by atomic mass is 32.1. The first-order valence-corrected chi connectivity index (χ1v) is 11.1. The number of thiophene rings is 1. The number of allylic oxidation sites excluding steroid dienone is 4. The summed E-state index contributed by atoms with van der Waals surface area (Å²) in [5.41, 5.74) is 3.73. The Bertz CT molecular complexity index is 1240. The molecule has 1 aliphatic carbocycles. The number of hydrogen-bond donors (Lipinski definition) is 1. The van der Waals surface area contributed by atoms with Gasteiger partial charge < -0.3 is 19.4 Å². The highest BCUT2D eigenvalue weighted by molar-refractivity contribution is 7.17. The fourth-order valence-electron chi connectivity index (χ4n) is 3.77. The molecule has 0 atom stereocenters. The molecule has 31 heavy (non-hydrogen) atoms. The van der Waals surface area contributed by atoms with Crippen LogP contribution in [0.5, 0.6) is 0 Å². The molecule has 4 heterocycles. The number of carbonyl (C=O) groups excluding carboxylic acids is 1. The van der Waals surface area contributed by atoms with E-state index in [1.54, 1.807) is 30.6 Å². The number of pyridine rings is 1. The first-order valence-electron chi connectivity index (χ1n) is 10.2. The number of ether oxygens (including phenoxy) is 1. The van der Waals surface area contributed by atoms with Crippen molar-refractivity contribution in [3.63, 3.8) is 0 Å². The zero-order valence-corrected chi connectivity index (χ0v) is 17.6. The van der Waals surface area contributed by atoms with E-state index in [-0.39, 0.29) is 11.3 Å².